The van der Waals surface area contributed by atoms with Gasteiger partial charge in [0.2, 0.25) is 0 Å². The number of aromatic nitrogens is 3. The number of anilines is 1. The summed E-state index contributed by atoms with van der Waals surface area (Å²) in [7, 11) is 0. The van der Waals surface area contributed by atoms with Gasteiger partial charge in [0.05, 0.1) is 28.6 Å². The average Bonchev–Trinajstić information content (AvgIpc) is 2.86. The summed E-state index contributed by atoms with van der Waals surface area (Å²) < 4.78 is 3.03. The van der Waals surface area contributed by atoms with Crippen LogP contribution >= 0.6 is 11.3 Å². The number of nitrogen functional groups attached to an aromatic ring is 1. The minimum absolute atomic E-state index is 0.677. The van der Waals surface area contributed by atoms with Gasteiger partial charge in [-0.2, -0.15) is 5.10 Å². The molecule has 3 rings (SSSR count). The Kier molecular flexibility index (Phi) is 2.33. The smallest absolute Gasteiger partial charge is 0.115 e. The molecule has 0 saturated carbocycles. The number of nitrogens with zero attached hydrogens (tertiary/aromatic N) is 3. The first kappa shape index (κ1) is 10.3. The lowest BCUT2D eigenvalue weighted by molar-refractivity contribution is 0.684. The predicted molar refractivity (Wildman–Crippen MR) is 70.1 cm³/mol. The zero-order valence-electron chi connectivity index (χ0n) is 9.42. The molecule has 86 valence electrons. The number of para-hydroxylation sites is 1. The van der Waals surface area contributed by atoms with Gasteiger partial charge in [-0.1, -0.05) is 12.1 Å². The first-order chi connectivity index (χ1) is 8.22. The maximum Gasteiger partial charge on any atom is 0.115 e. The molecule has 0 spiro atoms. The maximum atomic E-state index is 5.63. The van der Waals surface area contributed by atoms with Crippen molar-refractivity contribution in [3.8, 4) is 0 Å². The van der Waals surface area contributed by atoms with E-state index in [-0.39, 0.29) is 0 Å². The van der Waals surface area contributed by atoms with E-state index >= 15 is 0 Å². The standard InChI is InChI=1S/C12H12N4S/c1-8-3-2-4-10-12(8)15-11(17-10)7-16-6-9(13)5-14-16/h2-6H,7,13H2,1H3. The molecule has 0 aliphatic carbocycles. The lowest BCUT2D eigenvalue weighted by Crippen LogP contribution is -1.99. The molecule has 0 saturated heterocycles. The van der Waals surface area contributed by atoms with Gasteiger partial charge in [0, 0.05) is 6.20 Å². The molecule has 0 aliphatic rings. The highest BCUT2D eigenvalue weighted by atomic mass is 32.1. The van der Waals surface area contributed by atoms with Crippen LogP contribution in [0.3, 0.4) is 0 Å². The lowest BCUT2D eigenvalue weighted by atomic mass is 10.2. The highest BCUT2D eigenvalue weighted by Crippen LogP contribution is 2.24. The van der Waals surface area contributed by atoms with Crippen LogP contribution in [-0.4, -0.2) is 14.8 Å². The van der Waals surface area contributed by atoms with Crippen LogP contribution in [-0.2, 0) is 6.54 Å². The highest BCUT2D eigenvalue weighted by Gasteiger charge is 2.06. The van der Waals surface area contributed by atoms with Crippen molar-refractivity contribution >= 4 is 27.2 Å². The SMILES string of the molecule is Cc1cccc2sc(Cn3cc(N)cn3)nc12. The van der Waals surface area contributed by atoms with E-state index in [0.717, 1.165) is 10.5 Å². The zero-order chi connectivity index (χ0) is 11.8. The summed E-state index contributed by atoms with van der Waals surface area (Å²) in [4.78, 5) is 4.63. The van der Waals surface area contributed by atoms with E-state index in [9.17, 15) is 0 Å². The fraction of sp³-hybridized carbons (Fsp3) is 0.167. The van der Waals surface area contributed by atoms with Crippen LogP contribution in [0.5, 0.6) is 0 Å². The normalized spacial score (nSPS) is 11.1. The van der Waals surface area contributed by atoms with Gasteiger partial charge in [0.15, 0.2) is 0 Å². The Labute approximate surface area is 103 Å². The fourth-order valence-electron chi connectivity index (χ4n) is 1.80. The molecule has 0 bridgehead atoms. The summed E-state index contributed by atoms with van der Waals surface area (Å²) in [6.07, 6.45) is 3.47. The van der Waals surface area contributed by atoms with Crippen LogP contribution in [0.2, 0.25) is 0 Å². The first-order valence-electron chi connectivity index (χ1n) is 5.35. The molecular weight excluding hydrogens is 232 g/mol. The Hall–Kier alpha value is -1.88. The topological polar surface area (TPSA) is 56.7 Å². The van der Waals surface area contributed by atoms with Crippen molar-refractivity contribution in [3.63, 3.8) is 0 Å². The second-order valence-electron chi connectivity index (χ2n) is 4.00. The number of hydrogen-bond donors (Lipinski definition) is 1. The van der Waals surface area contributed by atoms with Crippen LogP contribution < -0.4 is 5.73 Å². The molecule has 3 aromatic rings. The minimum atomic E-state index is 0.677. The number of fused-ring (bicyclic) bond motifs is 1. The number of nitrogens with two attached hydrogens (primary N) is 1. The second kappa shape index (κ2) is 3.85. The van der Waals surface area contributed by atoms with E-state index in [1.54, 1.807) is 17.5 Å². The number of thiazole rings is 1. The van der Waals surface area contributed by atoms with E-state index < -0.39 is 0 Å². The molecule has 0 aliphatic heterocycles. The maximum absolute atomic E-state index is 5.63. The Balaban J connectivity index is 1.98. The highest BCUT2D eigenvalue weighted by molar-refractivity contribution is 7.18. The Morgan fingerprint density at radius 2 is 2.29 bits per heavy atom. The molecule has 2 N–H and O–H groups in total. The molecular formula is C12H12N4S. The Morgan fingerprint density at radius 3 is 3.00 bits per heavy atom. The number of aryl methyl sites for hydroxylation is 1. The molecule has 2 aromatic heterocycles. The summed E-state index contributed by atoms with van der Waals surface area (Å²) in [5, 5.41) is 5.22. The third kappa shape index (κ3) is 1.89. The van der Waals surface area contributed by atoms with Crippen LogP contribution in [0, 0.1) is 6.92 Å². The average molecular weight is 244 g/mol. The van der Waals surface area contributed by atoms with Crippen LogP contribution in [0.15, 0.2) is 30.6 Å². The molecule has 0 radical (unpaired) electrons. The number of rotatable bonds is 2. The quantitative estimate of drug-likeness (QED) is 0.753. The van der Waals surface area contributed by atoms with Gasteiger partial charge in [-0.15, -0.1) is 11.3 Å². The molecule has 2 heterocycles. The summed E-state index contributed by atoms with van der Waals surface area (Å²) in [6, 6.07) is 6.24. The van der Waals surface area contributed by atoms with Gasteiger partial charge in [0.1, 0.15) is 5.01 Å². The van der Waals surface area contributed by atoms with Crippen molar-refractivity contribution in [1.82, 2.24) is 14.8 Å². The van der Waals surface area contributed by atoms with E-state index in [1.165, 1.54) is 10.3 Å². The molecule has 0 fully saturated rings. The molecule has 0 amide bonds. The monoisotopic (exact) mass is 244 g/mol. The van der Waals surface area contributed by atoms with Crippen molar-refractivity contribution in [1.29, 1.82) is 0 Å². The molecule has 0 atom stereocenters. The van der Waals surface area contributed by atoms with E-state index in [1.807, 2.05) is 10.9 Å². The summed E-state index contributed by atoms with van der Waals surface area (Å²) >= 11 is 1.70. The summed E-state index contributed by atoms with van der Waals surface area (Å²) in [6.45, 7) is 2.76. The summed E-state index contributed by atoms with van der Waals surface area (Å²) in [5.74, 6) is 0. The first-order valence-corrected chi connectivity index (χ1v) is 6.17. The summed E-state index contributed by atoms with van der Waals surface area (Å²) in [5.41, 5.74) is 8.62. The minimum Gasteiger partial charge on any atom is -0.396 e. The molecule has 5 heteroatoms. The second-order valence-corrected chi connectivity index (χ2v) is 5.12. The van der Waals surface area contributed by atoms with Crippen LogP contribution in [0.25, 0.3) is 10.2 Å². The fourth-order valence-corrected chi connectivity index (χ4v) is 2.84. The van der Waals surface area contributed by atoms with E-state index in [0.29, 0.717) is 12.2 Å². The lowest BCUT2D eigenvalue weighted by Gasteiger charge is -1.95. The van der Waals surface area contributed by atoms with Gasteiger partial charge < -0.3 is 5.73 Å². The van der Waals surface area contributed by atoms with Crippen molar-refractivity contribution in [2.75, 3.05) is 5.73 Å². The van der Waals surface area contributed by atoms with E-state index in [4.69, 9.17) is 5.73 Å². The number of benzene rings is 1. The Bertz CT molecular complexity index is 668. The largest absolute Gasteiger partial charge is 0.396 e. The van der Waals surface area contributed by atoms with Crippen molar-refractivity contribution < 1.29 is 0 Å². The van der Waals surface area contributed by atoms with Crippen LogP contribution in [0.1, 0.15) is 10.6 Å². The van der Waals surface area contributed by atoms with Crippen molar-refractivity contribution in [2.45, 2.75) is 13.5 Å². The van der Waals surface area contributed by atoms with Crippen molar-refractivity contribution in [3.05, 3.63) is 41.2 Å². The van der Waals surface area contributed by atoms with Gasteiger partial charge in [-0.05, 0) is 18.6 Å². The van der Waals surface area contributed by atoms with Gasteiger partial charge >= 0.3 is 0 Å². The zero-order valence-corrected chi connectivity index (χ0v) is 10.2. The van der Waals surface area contributed by atoms with Crippen molar-refractivity contribution in [2.24, 2.45) is 0 Å². The van der Waals surface area contributed by atoms with E-state index in [2.05, 4.69) is 35.2 Å². The molecule has 4 nitrogen and oxygen atoms in total. The third-order valence-electron chi connectivity index (χ3n) is 2.62. The molecule has 1 aromatic carbocycles. The number of hydrogen-bond acceptors (Lipinski definition) is 4. The Morgan fingerprint density at radius 1 is 1.41 bits per heavy atom. The molecule has 0 unspecified atom stereocenters. The van der Waals surface area contributed by atoms with Crippen LogP contribution in [0.4, 0.5) is 5.69 Å². The third-order valence-corrected chi connectivity index (χ3v) is 3.62. The van der Waals surface area contributed by atoms with Gasteiger partial charge in [-0.25, -0.2) is 4.98 Å². The van der Waals surface area contributed by atoms with Gasteiger partial charge in [0.25, 0.3) is 0 Å². The predicted octanol–water partition coefficient (Wildman–Crippen LogP) is 2.43. The van der Waals surface area contributed by atoms with Gasteiger partial charge in [-0.3, -0.25) is 4.68 Å². The molecule has 17 heavy (non-hydrogen) atoms.